The van der Waals surface area contributed by atoms with Crippen LogP contribution in [0.15, 0.2) is 0 Å². The first-order valence-electron chi connectivity index (χ1n) is 3.63. The Bertz CT molecular complexity index is 272. The number of hydrogen-bond donors (Lipinski definition) is 2. The summed E-state index contributed by atoms with van der Waals surface area (Å²) in [7, 11) is -0.878. The molecule has 0 aliphatic heterocycles. The third kappa shape index (κ3) is 3.29. The molecular weight excluding hydrogens is 196 g/mol. The topological polar surface area (TPSA) is 101 Å². The van der Waals surface area contributed by atoms with Crippen molar-refractivity contribution in [2.24, 2.45) is 5.73 Å². The molecule has 0 radical (unpaired) electrons. The molecule has 3 N–H and O–H groups in total. The smallest absolute Gasteiger partial charge is 0.336 e. The van der Waals surface area contributed by atoms with Crippen LogP contribution in [0.25, 0.3) is 0 Å². The first-order valence-corrected chi connectivity index (χ1v) is 5.35. The molecule has 0 aromatic rings. The average molecular weight is 210 g/mol. The molecule has 13 heavy (non-hydrogen) atoms. The van der Waals surface area contributed by atoms with Crippen molar-refractivity contribution in [2.45, 2.75) is 5.37 Å². The van der Waals surface area contributed by atoms with E-state index in [9.17, 15) is 13.2 Å². The molecule has 0 fully saturated rings. The molecule has 0 aromatic heterocycles. The van der Waals surface area contributed by atoms with Crippen LogP contribution in [0.2, 0.25) is 0 Å². The van der Waals surface area contributed by atoms with Gasteiger partial charge in [0.2, 0.25) is 5.37 Å². The summed E-state index contributed by atoms with van der Waals surface area (Å²) >= 11 is 0. The third-order valence-corrected chi connectivity index (χ3v) is 3.53. The molecule has 1 unspecified atom stereocenters. The van der Waals surface area contributed by atoms with Crippen LogP contribution in [0.1, 0.15) is 0 Å². The zero-order valence-corrected chi connectivity index (χ0v) is 8.41. The van der Waals surface area contributed by atoms with Crippen LogP contribution >= 0.6 is 0 Å². The van der Waals surface area contributed by atoms with Gasteiger partial charge in [-0.05, 0) is 14.1 Å². The fraction of sp³-hybridized carbons (Fsp3) is 0.833. The lowest BCUT2D eigenvalue weighted by Crippen LogP contribution is -2.44. The van der Waals surface area contributed by atoms with E-state index in [2.05, 4.69) is 0 Å². The second kappa shape index (κ2) is 4.54. The Balaban J connectivity index is 4.85. The molecule has 0 bridgehead atoms. The summed E-state index contributed by atoms with van der Waals surface area (Å²) in [5.41, 5.74) is 5.06. The van der Waals surface area contributed by atoms with E-state index in [1.54, 1.807) is 0 Å². The molecule has 0 aliphatic rings. The van der Waals surface area contributed by atoms with Crippen LogP contribution in [-0.4, -0.2) is 56.2 Å². The Morgan fingerprint density at radius 2 is 2.00 bits per heavy atom. The highest BCUT2D eigenvalue weighted by Crippen LogP contribution is 2.05. The van der Waals surface area contributed by atoms with Crippen molar-refractivity contribution in [3.63, 3.8) is 0 Å². The number of likely N-dealkylation sites (N-methyl/N-ethyl adjacent to an activating group) is 1. The van der Waals surface area contributed by atoms with E-state index in [1.807, 2.05) is 0 Å². The van der Waals surface area contributed by atoms with Gasteiger partial charge in [-0.25, -0.2) is 13.2 Å². The number of sulfone groups is 1. The number of nitrogens with zero attached hydrogens (tertiary/aromatic N) is 1. The quantitative estimate of drug-likeness (QED) is 0.563. The van der Waals surface area contributed by atoms with E-state index in [1.165, 1.54) is 14.1 Å². The van der Waals surface area contributed by atoms with Gasteiger partial charge in [0.25, 0.3) is 0 Å². The summed E-state index contributed by atoms with van der Waals surface area (Å²) in [6, 6.07) is 0. The van der Waals surface area contributed by atoms with Gasteiger partial charge in [-0.1, -0.05) is 0 Å². The normalized spacial score (nSPS) is 14.5. The molecular formula is C6H14N2O4S. The molecule has 0 spiro atoms. The minimum atomic E-state index is -3.67. The van der Waals surface area contributed by atoms with Gasteiger partial charge in [0.15, 0.2) is 9.84 Å². The average Bonchev–Trinajstić information content (AvgIpc) is 1.82. The van der Waals surface area contributed by atoms with E-state index < -0.39 is 21.2 Å². The Morgan fingerprint density at radius 3 is 2.23 bits per heavy atom. The van der Waals surface area contributed by atoms with Crippen LogP contribution in [-0.2, 0) is 14.6 Å². The maximum atomic E-state index is 11.3. The molecule has 1 atom stereocenters. The highest BCUT2D eigenvalue weighted by molar-refractivity contribution is 7.92. The first-order chi connectivity index (χ1) is 5.83. The van der Waals surface area contributed by atoms with E-state index >= 15 is 0 Å². The number of carboxylic acids is 1. The number of aliphatic carboxylic acids is 1. The molecule has 7 heteroatoms. The Hall–Kier alpha value is -0.660. The molecule has 0 heterocycles. The standard InChI is InChI=1S/C6H14N2O4S/c1-8(2)5(6(9)10)13(11,12)4-3-7/h5H,3-4,7H2,1-2H3,(H,9,10). The number of hydrogen-bond acceptors (Lipinski definition) is 5. The van der Waals surface area contributed by atoms with Gasteiger partial charge in [-0.15, -0.1) is 0 Å². The van der Waals surface area contributed by atoms with Crippen molar-refractivity contribution in [3.05, 3.63) is 0 Å². The predicted molar refractivity (Wildman–Crippen MR) is 48.0 cm³/mol. The highest BCUT2D eigenvalue weighted by Gasteiger charge is 2.33. The summed E-state index contributed by atoms with van der Waals surface area (Å²) in [5, 5.41) is 7.14. The Kier molecular flexibility index (Phi) is 4.31. The van der Waals surface area contributed by atoms with Crippen LogP contribution < -0.4 is 5.73 Å². The molecule has 0 saturated heterocycles. The van der Waals surface area contributed by atoms with E-state index in [0.717, 1.165) is 4.90 Å². The largest absolute Gasteiger partial charge is 0.479 e. The first kappa shape index (κ1) is 12.3. The van der Waals surface area contributed by atoms with Crippen LogP contribution in [0.3, 0.4) is 0 Å². The number of carbonyl (C=O) groups is 1. The molecule has 0 aromatic carbocycles. The van der Waals surface area contributed by atoms with Crippen molar-refractivity contribution >= 4 is 15.8 Å². The second-order valence-electron chi connectivity index (χ2n) is 2.81. The van der Waals surface area contributed by atoms with Crippen molar-refractivity contribution in [1.29, 1.82) is 0 Å². The van der Waals surface area contributed by atoms with E-state index in [-0.39, 0.29) is 12.3 Å². The highest BCUT2D eigenvalue weighted by atomic mass is 32.2. The van der Waals surface area contributed by atoms with Gasteiger partial charge in [-0.2, -0.15) is 0 Å². The molecule has 78 valence electrons. The number of nitrogens with two attached hydrogens (primary N) is 1. The van der Waals surface area contributed by atoms with Crippen LogP contribution in [0, 0.1) is 0 Å². The summed E-state index contributed by atoms with van der Waals surface area (Å²) < 4.78 is 22.6. The minimum absolute atomic E-state index is 0.0695. The van der Waals surface area contributed by atoms with Gasteiger partial charge in [-0.3, -0.25) is 4.90 Å². The van der Waals surface area contributed by atoms with Crippen molar-refractivity contribution in [2.75, 3.05) is 26.4 Å². The van der Waals surface area contributed by atoms with Crippen molar-refractivity contribution < 1.29 is 18.3 Å². The summed E-state index contributed by atoms with van der Waals surface area (Å²) in [5.74, 6) is -1.69. The van der Waals surface area contributed by atoms with Gasteiger partial charge in [0, 0.05) is 6.54 Å². The fourth-order valence-corrected chi connectivity index (χ4v) is 2.47. The zero-order valence-electron chi connectivity index (χ0n) is 7.60. The SMILES string of the molecule is CN(C)C(C(=O)O)S(=O)(=O)CCN. The number of rotatable bonds is 5. The third-order valence-electron chi connectivity index (χ3n) is 1.42. The summed E-state index contributed by atoms with van der Waals surface area (Å²) in [4.78, 5) is 11.7. The molecule has 6 nitrogen and oxygen atoms in total. The Labute approximate surface area is 77.2 Å². The zero-order chi connectivity index (χ0) is 10.6. The van der Waals surface area contributed by atoms with E-state index in [0.29, 0.717) is 0 Å². The lowest BCUT2D eigenvalue weighted by Gasteiger charge is -2.19. The minimum Gasteiger partial charge on any atom is -0.479 e. The number of carboxylic acid groups (broad SMARTS) is 1. The van der Waals surface area contributed by atoms with Crippen LogP contribution in [0.4, 0.5) is 0 Å². The molecule has 0 aliphatic carbocycles. The van der Waals surface area contributed by atoms with Crippen molar-refractivity contribution in [1.82, 2.24) is 4.90 Å². The molecule has 0 rings (SSSR count). The van der Waals surface area contributed by atoms with Gasteiger partial charge < -0.3 is 10.8 Å². The molecule has 0 amide bonds. The second-order valence-corrected chi connectivity index (χ2v) is 4.99. The molecule has 0 saturated carbocycles. The predicted octanol–water partition coefficient (Wildman–Crippen LogP) is -1.67. The lowest BCUT2D eigenvalue weighted by atomic mass is 10.6. The monoisotopic (exact) mass is 210 g/mol. The van der Waals surface area contributed by atoms with Gasteiger partial charge in [0.1, 0.15) is 0 Å². The lowest BCUT2D eigenvalue weighted by molar-refractivity contribution is -0.139. The van der Waals surface area contributed by atoms with Gasteiger partial charge >= 0.3 is 5.97 Å². The fourth-order valence-electron chi connectivity index (χ4n) is 0.972. The summed E-state index contributed by atoms with van der Waals surface area (Å²) in [6.45, 7) is -0.0695. The maximum Gasteiger partial charge on any atom is 0.336 e. The van der Waals surface area contributed by atoms with Crippen LogP contribution in [0.5, 0.6) is 0 Å². The maximum absolute atomic E-state index is 11.3. The summed E-state index contributed by atoms with van der Waals surface area (Å²) in [6.07, 6.45) is 0. The van der Waals surface area contributed by atoms with Crippen molar-refractivity contribution in [3.8, 4) is 0 Å². The van der Waals surface area contributed by atoms with Gasteiger partial charge in [0.05, 0.1) is 5.75 Å². The van der Waals surface area contributed by atoms with E-state index in [4.69, 9.17) is 10.8 Å². The Morgan fingerprint density at radius 1 is 1.54 bits per heavy atom.